The Hall–Kier alpha value is -2.24. The van der Waals surface area contributed by atoms with Gasteiger partial charge in [0.25, 0.3) is 5.91 Å². The van der Waals surface area contributed by atoms with Crippen molar-refractivity contribution in [3.05, 3.63) is 23.8 Å². The lowest BCUT2D eigenvalue weighted by atomic mass is 10.1. The molecule has 1 aliphatic rings. The molecule has 6 nitrogen and oxygen atoms in total. The molecule has 2 rings (SSSR count). The molecule has 2 amide bonds. The van der Waals surface area contributed by atoms with E-state index < -0.39 is 0 Å². The van der Waals surface area contributed by atoms with Crippen LogP contribution in [0.5, 0.6) is 5.75 Å². The first-order valence-electron chi connectivity index (χ1n) is 5.99. The Morgan fingerprint density at radius 1 is 1.37 bits per heavy atom. The maximum Gasteiger partial charge on any atom is 0.254 e. The molecule has 0 spiro atoms. The Morgan fingerprint density at radius 2 is 2.11 bits per heavy atom. The van der Waals surface area contributed by atoms with Crippen LogP contribution in [0.3, 0.4) is 0 Å². The van der Waals surface area contributed by atoms with Gasteiger partial charge in [0.2, 0.25) is 5.91 Å². The second-order valence-electron chi connectivity index (χ2n) is 4.50. The number of piperazine rings is 1. The van der Waals surface area contributed by atoms with E-state index in [0.717, 1.165) is 0 Å². The van der Waals surface area contributed by atoms with E-state index in [1.54, 1.807) is 30.1 Å². The van der Waals surface area contributed by atoms with E-state index in [2.05, 4.69) is 0 Å². The predicted molar refractivity (Wildman–Crippen MR) is 70.9 cm³/mol. The Kier molecular flexibility index (Phi) is 3.59. The summed E-state index contributed by atoms with van der Waals surface area (Å²) in [6.07, 6.45) is 0. The lowest BCUT2D eigenvalue weighted by Gasteiger charge is -2.32. The first-order valence-corrected chi connectivity index (χ1v) is 5.99. The van der Waals surface area contributed by atoms with Crippen LogP contribution in [0.15, 0.2) is 18.2 Å². The Labute approximate surface area is 111 Å². The number of nitrogens with zero attached hydrogens (tertiary/aromatic N) is 2. The minimum atomic E-state index is -0.181. The summed E-state index contributed by atoms with van der Waals surface area (Å²) in [5.41, 5.74) is 6.66. The molecule has 6 heteroatoms. The SMILES string of the molecule is COc1cc(C(=O)N2CCN(C)C(=O)C2)ccc1N. The fourth-order valence-corrected chi connectivity index (χ4v) is 1.96. The van der Waals surface area contributed by atoms with Crippen molar-refractivity contribution in [1.29, 1.82) is 0 Å². The Bertz CT molecular complexity index is 516. The van der Waals surface area contributed by atoms with E-state index in [9.17, 15) is 9.59 Å². The predicted octanol–water partition coefficient (Wildman–Crippen LogP) is 0.192. The molecule has 1 fully saturated rings. The quantitative estimate of drug-likeness (QED) is 0.773. The zero-order valence-electron chi connectivity index (χ0n) is 11.0. The molecular formula is C13H17N3O3. The molecule has 0 radical (unpaired) electrons. The third kappa shape index (κ3) is 2.62. The summed E-state index contributed by atoms with van der Waals surface area (Å²) in [4.78, 5) is 27.0. The number of hydrogen-bond acceptors (Lipinski definition) is 4. The zero-order chi connectivity index (χ0) is 14.0. The first-order chi connectivity index (χ1) is 9.02. The number of carbonyl (C=O) groups is 2. The average molecular weight is 263 g/mol. The van der Waals surface area contributed by atoms with Crippen molar-refractivity contribution < 1.29 is 14.3 Å². The van der Waals surface area contributed by atoms with Gasteiger partial charge in [-0.2, -0.15) is 0 Å². The lowest BCUT2D eigenvalue weighted by Crippen LogP contribution is -2.50. The number of anilines is 1. The van der Waals surface area contributed by atoms with Gasteiger partial charge in [0.1, 0.15) is 12.3 Å². The summed E-state index contributed by atoms with van der Waals surface area (Å²) in [6.45, 7) is 1.20. The molecule has 0 saturated carbocycles. The van der Waals surface area contributed by atoms with Crippen molar-refractivity contribution in [2.24, 2.45) is 0 Å². The fraction of sp³-hybridized carbons (Fsp3) is 0.385. The second-order valence-corrected chi connectivity index (χ2v) is 4.50. The van der Waals surface area contributed by atoms with Crippen molar-refractivity contribution in [3.8, 4) is 5.75 Å². The second kappa shape index (κ2) is 5.17. The number of nitrogen functional groups attached to an aromatic ring is 1. The van der Waals surface area contributed by atoms with Crippen molar-refractivity contribution in [1.82, 2.24) is 9.80 Å². The molecule has 1 saturated heterocycles. The first kappa shape index (κ1) is 13.2. The summed E-state index contributed by atoms with van der Waals surface area (Å²) in [5.74, 6) is 0.230. The van der Waals surface area contributed by atoms with E-state index in [4.69, 9.17) is 10.5 Å². The van der Waals surface area contributed by atoms with E-state index in [-0.39, 0.29) is 18.4 Å². The van der Waals surface area contributed by atoms with E-state index in [1.807, 2.05) is 0 Å². The molecule has 0 aromatic heterocycles. The number of nitrogens with two attached hydrogens (primary N) is 1. The Balaban J connectivity index is 2.18. The number of likely N-dealkylation sites (N-methyl/N-ethyl adjacent to an activating group) is 1. The van der Waals surface area contributed by atoms with Crippen LogP contribution in [0, 0.1) is 0 Å². The standard InChI is InChI=1S/C13H17N3O3/c1-15-5-6-16(8-12(15)17)13(18)9-3-4-10(14)11(7-9)19-2/h3-4,7H,5-6,8,14H2,1-2H3. The number of methoxy groups -OCH3 is 1. The molecule has 0 aliphatic carbocycles. The van der Waals surface area contributed by atoms with Crippen LogP contribution in [-0.4, -0.2) is 55.4 Å². The highest BCUT2D eigenvalue weighted by Crippen LogP contribution is 2.23. The topological polar surface area (TPSA) is 75.9 Å². The van der Waals surface area contributed by atoms with Crippen LogP contribution in [0.1, 0.15) is 10.4 Å². The summed E-state index contributed by atoms with van der Waals surface area (Å²) in [6, 6.07) is 4.87. The van der Waals surface area contributed by atoms with Crippen molar-refractivity contribution in [2.75, 3.05) is 39.5 Å². The molecule has 19 heavy (non-hydrogen) atoms. The highest BCUT2D eigenvalue weighted by molar-refractivity contribution is 5.97. The number of rotatable bonds is 2. The van der Waals surface area contributed by atoms with Gasteiger partial charge in [0.15, 0.2) is 0 Å². The van der Waals surface area contributed by atoms with Crippen LogP contribution in [-0.2, 0) is 4.79 Å². The zero-order valence-corrected chi connectivity index (χ0v) is 11.0. The minimum absolute atomic E-state index is 0.0537. The van der Waals surface area contributed by atoms with Gasteiger partial charge in [-0.25, -0.2) is 0 Å². The van der Waals surface area contributed by atoms with Crippen molar-refractivity contribution in [2.45, 2.75) is 0 Å². The Morgan fingerprint density at radius 3 is 2.74 bits per heavy atom. The largest absolute Gasteiger partial charge is 0.495 e. The van der Waals surface area contributed by atoms with Crippen LogP contribution in [0.2, 0.25) is 0 Å². The molecule has 102 valence electrons. The normalized spacial score (nSPS) is 15.6. The van der Waals surface area contributed by atoms with Gasteiger partial charge in [0, 0.05) is 25.7 Å². The number of hydrogen-bond donors (Lipinski definition) is 1. The third-order valence-electron chi connectivity index (χ3n) is 3.22. The molecule has 0 unspecified atom stereocenters. The number of ether oxygens (including phenoxy) is 1. The van der Waals surface area contributed by atoms with Crippen LogP contribution < -0.4 is 10.5 Å². The maximum absolute atomic E-state index is 12.3. The van der Waals surface area contributed by atoms with Gasteiger partial charge < -0.3 is 20.3 Å². The molecule has 1 heterocycles. The smallest absolute Gasteiger partial charge is 0.254 e. The lowest BCUT2D eigenvalue weighted by molar-refractivity contribution is -0.133. The average Bonchev–Trinajstić information content (AvgIpc) is 2.41. The summed E-state index contributed by atoms with van der Waals surface area (Å²) in [5, 5.41) is 0. The van der Waals surface area contributed by atoms with E-state index in [1.165, 1.54) is 12.0 Å². The number of benzene rings is 1. The van der Waals surface area contributed by atoms with Crippen molar-refractivity contribution in [3.63, 3.8) is 0 Å². The van der Waals surface area contributed by atoms with Gasteiger partial charge in [-0.3, -0.25) is 9.59 Å². The molecule has 2 N–H and O–H groups in total. The molecular weight excluding hydrogens is 246 g/mol. The third-order valence-corrected chi connectivity index (χ3v) is 3.22. The summed E-state index contributed by atoms with van der Waals surface area (Å²) >= 11 is 0. The minimum Gasteiger partial charge on any atom is -0.495 e. The van der Waals surface area contributed by atoms with Crippen LogP contribution in [0.4, 0.5) is 5.69 Å². The molecule has 0 atom stereocenters. The van der Waals surface area contributed by atoms with Gasteiger partial charge in [-0.1, -0.05) is 0 Å². The maximum atomic E-state index is 12.3. The van der Waals surface area contributed by atoms with Gasteiger partial charge >= 0.3 is 0 Å². The highest BCUT2D eigenvalue weighted by atomic mass is 16.5. The van der Waals surface area contributed by atoms with Crippen LogP contribution >= 0.6 is 0 Å². The summed E-state index contributed by atoms with van der Waals surface area (Å²) in [7, 11) is 3.23. The molecule has 1 aromatic carbocycles. The van der Waals surface area contributed by atoms with E-state index >= 15 is 0 Å². The number of amides is 2. The monoisotopic (exact) mass is 263 g/mol. The van der Waals surface area contributed by atoms with Crippen molar-refractivity contribution >= 4 is 17.5 Å². The van der Waals surface area contributed by atoms with Gasteiger partial charge in [-0.05, 0) is 18.2 Å². The molecule has 0 bridgehead atoms. The van der Waals surface area contributed by atoms with E-state index in [0.29, 0.717) is 30.1 Å². The van der Waals surface area contributed by atoms with Gasteiger partial charge in [-0.15, -0.1) is 0 Å². The number of carbonyl (C=O) groups excluding carboxylic acids is 2. The molecule has 1 aliphatic heterocycles. The van der Waals surface area contributed by atoms with Crippen LogP contribution in [0.25, 0.3) is 0 Å². The van der Waals surface area contributed by atoms with Gasteiger partial charge in [0.05, 0.1) is 12.8 Å². The molecule has 1 aromatic rings. The fourth-order valence-electron chi connectivity index (χ4n) is 1.96. The highest BCUT2D eigenvalue weighted by Gasteiger charge is 2.25. The summed E-state index contributed by atoms with van der Waals surface area (Å²) < 4.78 is 5.09.